The van der Waals surface area contributed by atoms with E-state index in [0.29, 0.717) is 33.8 Å². The number of hydrogen-bond acceptors (Lipinski definition) is 4. The fourth-order valence-corrected chi connectivity index (χ4v) is 3.70. The highest BCUT2D eigenvalue weighted by molar-refractivity contribution is 5.97. The Hall–Kier alpha value is -4.33. The molecule has 4 heterocycles. The molecule has 0 atom stereocenters. The highest BCUT2D eigenvalue weighted by Crippen LogP contribution is 2.33. The van der Waals surface area contributed by atoms with Crippen LogP contribution in [0.2, 0.25) is 0 Å². The molecule has 0 saturated heterocycles. The average molecular weight is 395 g/mol. The van der Waals surface area contributed by atoms with E-state index in [1.165, 1.54) is 6.07 Å². The van der Waals surface area contributed by atoms with Gasteiger partial charge < -0.3 is 4.98 Å². The van der Waals surface area contributed by atoms with Gasteiger partial charge in [0.05, 0.1) is 11.7 Å². The summed E-state index contributed by atoms with van der Waals surface area (Å²) in [6.07, 6.45) is 5.26. The van der Waals surface area contributed by atoms with Crippen LogP contribution in [-0.4, -0.2) is 35.3 Å². The van der Waals surface area contributed by atoms with E-state index in [4.69, 9.17) is 4.98 Å². The molecule has 2 aromatic carbocycles. The number of pyridine rings is 1. The predicted molar refractivity (Wildman–Crippen MR) is 112 cm³/mol. The van der Waals surface area contributed by atoms with Crippen LogP contribution in [0.1, 0.15) is 0 Å². The molecule has 0 unspecified atom stereocenters. The van der Waals surface area contributed by atoms with E-state index < -0.39 is 0 Å². The van der Waals surface area contributed by atoms with Crippen molar-refractivity contribution in [1.82, 2.24) is 35.3 Å². The lowest BCUT2D eigenvalue weighted by Gasteiger charge is -2.03. The molecular weight excluding hydrogens is 381 g/mol. The Balaban J connectivity index is 1.54. The summed E-state index contributed by atoms with van der Waals surface area (Å²) in [4.78, 5) is 12.3. The van der Waals surface area contributed by atoms with E-state index in [1.54, 1.807) is 36.7 Å². The molecule has 8 heteroatoms. The molecule has 0 saturated carbocycles. The van der Waals surface area contributed by atoms with Gasteiger partial charge >= 0.3 is 0 Å². The molecule has 0 fully saturated rings. The average Bonchev–Trinajstić information content (AvgIpc) is 3.51. The van der Waals surface area contributed by atoms with Gasteiger partial charge in [-0.3, -0.25) is 10.2 Å². The first kappa shape index (κ1) is 16.6. The van der Waals surface area contributed by atoms with Crippen LogP contribution in [0.5, 0.6) is 0 Å². The van der Waals surface area contributed by atoms with Gasteiger partial charge in [-0.15, -0.1) is 0 Å². The van der Waals surface area contributed by atoms with Crippen molar-refractivity contribution in [2.45, 2.75) is 0 Å². The zero-order valence-corrected chi connectivity index (χ0v) is 15.5. The minimum absolute atomic E-state index is 0.301. The SMILES string of the molecule is Fc1ccccc1-c1ccnc2[nH]c(-c3n[nH]c4ccc(-c5cn[nH]c5)cc34)nc12. The van der Waals surface area contributed by atoms with E-state index in [0.717, 1.165) is 22.0 Å². The molecule has 0 aliphatic rings. The third kappa shape index (κ3) is 2.51. The number of aromatic nitrogens is 7. The van der Waals surface area contributed by atoms with E-state index in [9.17, 15) is 4.39 Å². The molecule has 30 heavy (non-hydrogen) atoms. The number of aromatic amines is 3. The van der Waals surface area contributed by atoms with Gasteiger partial charge in [0.2, 0.25) is 0 Å². The second-order valence-corrected chi connectivity index (χ2v) is 6.94. The van der Waals surface area contributed by atoms with Crippen LogP contribution in [0, 0.1) is 5.82 Å². The molecule has 0 aliphatic carbocycles. The summed E-state index contributed by atoms with van der Waals surface area (Å²) >= 11 is 0. The maximum atomic E-state index is 14.4. The minimum atomic E-state index is -0.301. The van der Waals surface area contributed by atoms with Crippen LogP contribution >= 0.6 is 0 Å². The van der Waals surface area contributed by atoms with Crippen LogP contribution in [0.3, 0.4) is 0 Å². The number of halogens is 1. The van der Waals surface area contributed by atoms with Crippen LogP contribution in [0.4, 0.5) is 4.39 Å². The molecule has 7 nitrogen and oxygen atoms in total. The van der Waals surface area contributed by atoms with Crippen LogP contribution < -0.4 is 0 Å². The number of hydrogen-bond donors (Lipinski definition) is 3. The second kappa shape index (κ2) is 6.35. The van der Waals surface area contributed by atoms with Gasteiger partial charge in [-0.1, -0.05) is 24.3 Å². The summed E-state index contributed by atoms with van der Waals surface area (Å²) in [5.41, 5.74) is 5.90. The molecular formula is C22H14FN7. The summed E-state index contributed by atoms with van der Waals surface area (Å²) in [6.45, 7) is 0. The molecule has 4 aromatic heterocycles. The molecule has 3 N–H and O–H groups in total. The minimum Gasteiger partial charge on any atom is -0.321 e. The van der Waals surface area contributed by atoms with Gasteiger partial charge in [0.25, 0.3) is 0 Å². The van der Waals surface area contributed by atoms with Crippen molar-refractivity contribution >= 4 is 22.1 Å². The lowest BCUT2D eigenvalue weighted by molar-refractivity contribution is 0.631. The lowest BCUT2D eigenvalue weighted by atomic mass is 10.1. The molecule has 6 aromatic rings. The molecule has 0 amide bonds. The lowest BCUT2D eigenvalue weighted by Crippen LogP contribution is -1.86. The fourth-order valence-electron chi connectivity index (χ4n) is 3.70. The highest BCUT2D eigenvalue weighted by atomic mass is 19.1. The quantitative estimate of drug-likeness (QED) is 0.404. The van der Waals surface area contributed by atoms with Crippen LogP contribution in [-0.2, 0) is 0 Å². The molecule has 0 aliphatic heterocycles. The largest absolute Gasteiger partial charge is 0.321 e. The summed E-state index contributed by atoms with van der Waals surface area (Å²) in [7, 11) is 0. The molecule has 0 spiro atoms. The normalized spacial score (nSPS) is 11.5. The Morgan fingerprint density at radius 3 is 2.73 bits per heavy atom. The summed E-state index contributed by atoms with van der Waals surface area (Å²) in [6, 6.07) is 14.4. The molecule has 144 valence electrons. The van der Waals surface area contributed by atoms with Crippen LogP contribution in [0.15, 0.2) is 67.1 Å². The number of rotatable bonds is 3. The Morgan fingerprint density at radius 1 is 0.933 bits per heavy atom. The Morgan fingerprint density at radius 2 is 1.87 bits per heavy atom. The molecule has 0 bridgehead atoms. The Bertz CT molecular complexity index is 1510. The van der Waals surface area contributed by atoms with Crippen molar-refractivity contribution < 1.29 is 4.39 Å². The topological polar surface area (TPSA) is 98.9 Å². The number of benzene rings is 2. The molecule has 6 rings (SSSR count). The smallest absolute Gasteiger partial charge is 0.160 e. The molecule has 0 radical (unpaired) electrons. The van der Waals surface area contributed by atoms with Gasteiger partial charge in [0.1, 0.15) is 17.0 Å². The van der Waals surface area contributed by atoms with Gasteiger partial charge in [0, 0.05) is 34.5 Å². The standard InChI is InChI=1S/C22H14FN7/c23-17-4-2-1-3-14(17)15-7-8-24-21-19(15)27-22(28-21)20-16-9-12(13-10-25-26-11-13)5-6-18(16)29-30-20/h1-11H,(H,25,26)(H,29,30)(H,24,27,28). The van der Waals surface area contributed by atoms with E-state index in [2.05, 4.69) is 30.4 Å². The zero-order chi connectivity index (χ0) is 20.1. The Kier molecular flexibility index (Phi) is 3.51. The monoisotopic (exact) mass is 395 g/mol. The number of H-pyrrole nitrogens is 3. The van der Waals surface area contributed by atoms with E-state index in [-0.39, 0.29) is 5.82 Å². The number of nitrogens with one attached hydrogen (secondary N) is 3. The number of fused-ring (bicyclic) bond motifs is 2. The fraction of sp³-hybridized carbons (Fsp3) is 0. The second-order valence-electron chi connectivity index (χ2n) is 6.94. The maximum absolute atomic E-state index is 14.4. The van der Waals surface area contributed by atoms with Gasteiger partial charge in [-0.25, -0.2) is 14.4 Å². The zero-order valence-electron chi connectivity index (χ0n) is 15.5. The van der Waals surface area contributed by atoms with Crippen LogP contribution in [0.25, 0.3) is 55.8 Å². The first-order valence-electron chi connectivity index (χ1n) is 9.35. The third-order valence-corrected chi connectivity index (χ3v) is 5.17. The van der Waals surface area contributed by atoms with Crippen molar-refractivity contribution in [1.29, 1.82) is 0 Å². The summed E-state index contributed by atoms with van der Waals surface area (Å²) in [5, 5.41) is 15.3. The number of imidazole rings is 1. The van der Waals surface area contributed by atoms with Gasteiger partial charge in [-0.05, 0) is 29.8 Å². The van der Waals surface area contributed by atoms with E-state index >= 15 is 0 Å². The van der Waals surface area contributed by atoms with Crippen molar-refractivity contribution in [2.24, 2.45) is 0 Å². The first-order chi connectivity index (χ1) is 14.8. The third-order valence-electron chi connectivity index (χ3n) is 5.17. The van der Waals surface area contributed by atoms with Crippen molar-refractivity contribution in [3.05, 3.63) is 72.9 Å². The number of nitrogens with zero attached hydrogens (tertiary/aromatic N) is 4. The Labute approximate surface area is 169 Å². The van der Waals surface area contributed by atoms with E-state index in [1.807, 2.05) is 24.4 Å². The summed E-state index contributed by atoms with van der Waals surface area (Å²) in [5.74, 6) is 0.265. The van der Waals surface area contributed by atoms with Gasteiger partial charge in [-0.2, -0.15) is 10.2 Å². The van der Waals surface area contributed by atoms with Crippen molar-refractivity contribution in [3.63, 3.8) is 0 Å². The highest BCUT2D eigenvalue weighted by Gasteiger charge is 2.17. The first-order valence-corrected chi connectivity index (χ1v) is 9.35. The maximum Gasteiger partial charge on any atom is 0.160 e. The van der Waals surface area contributed by atoms with Gasteiger partial charge in [0.15, 0.2) is 11.5 Å². The predicted octanol–water partition coefficient (Wildman–Crippen LogP) is 4.70. The van der Waals surface area contributed by atoms with Crippen molar-refractivity contribution in [3.8, 4) is 33.8 Å². The summed E-state index contributed by atoms with van der Waals surface area (Å²) < 4.78 is 14.4. The van der Waals surface area contributed by atoms with Crippen molar-refractivity contribution in [2.75, 3.05) is 0 Å².